The van der Waals surface area contributed by atoms with Gasteiger partial charge >= 0.3 is 0 Å². The molecule has 0 saturated carbocycles. The van der Waals surface area contributed by atoms with Crippen LogP contribution in [0.15, 0.2) is 0 Å². The van der Waals surface area contributed by atoms with E-state index >= 15 is 0 Å². The van der Waals surface area contributed by atoms with E-state index in [9.17, 15) is 4.79 Å². The van der Waals surface area contributed by atoms with Gasteiger partial charge in [0.2, 0.25) is 5.82 Å². The van der Waals surface area contributed by atoms with Gasteiger partial charge in [-0.3, -0.25) is 9.89 Å². The fourth-order valence-corrected chi connectivity index (χ4v) is 2.93. The maximum atomic E-state index is 11.8. The molecule has 1 amide bonds. The van der Waals surface area contributed by atoms with Crippen LogP contribution in [0.3, 0.4) is 0 Å². The Morgan fingerprint density at radius 3 is 3.06 bits per heavy atom. The molecule has 0 aromatic carbocycles. The standard InChI is InChI=1S/C11H18N4OS/c1-7(2)9-13-10(15-14-9)11(16)12-6-8-4-3-5-17-8/h7-8H,3-6H2,1-2H3,(H,12,16)(H,13,14,15). The van der Waals surface area contributed by atoms with Crippen molar-refractivity contribution < 1.29 is 4.79 Å². The molecule has 1 aliphatic heterocycles. The average Bonchev–Trinajstić information content (AvgIpc) is 2.96. The van der Waals surface area contributed by atoms with Crippen molar-refractivity contribution in [1.29, 1.82) is 0 Å². The van der Waals surface area contributed by atoms with Crippen LogP contribution in [-0.2, 0) is 0 Å². The second kappa shape index (κ2) is 5.53. The number of nitrogens with zero attached hydrogens (tertiary/aromatic N) is 2. The van der Waals surface area contributed by atoms with Gasteiger partial charge in [-0.15, -0.1) is 5.10 Å². The molecular formula is C11H18N4OS. The molecule has 1 unspecified atom stereocenters. The third-order valence-electron chi connectivity index (χ3n) is 2.77. The van der Waals surface area contributed by atoms with E-state index in [-0.39, 0.29) is 17.6 Å². The molecule has 2 heterocycles. The number of H-pyrrole nitrogens is 1. The highest BCUT2D eigenvalue weighted by Gasteiger charge is 2.18. The van der Waals surface area contributed by atoms with E-state index in [1.165, 1.54) is 18.6 Å². The van der Waals surface area contributed by atoms with E-state index in [2.05, 4.69) is 20.5 Å². The summed E-state index contributed by atoms with van der Waals surface area (Å²) in [5.41, 5.74) is 0. The molecule has 2 rings (SSSR count). The Labute approximate surface area is 105 Å². The number of hydrogen-bond acceptors (Lipinski definition) is 4. The molecule has 94 valence electrons. The molecule has 1 saturated heterocycles. The molecule has 0 radical (unpaired) electrons. The van der Waals surface area contributed by atoms with Crippen LogP contribution >= 0.6 is 11.8 Å². The molecule has 5 nitrogen and oxygen atoms in total. The first-order valence-electron chi connectivity index (χ1n) is 5.99. The molecule has 1 aromatic rings. The summed E-state index contributed by atoms with van der Waals surface area (Å²) in [5, 5.41) is 10.2. The molecule has 6 heteroatoms. The molecule has 1 aromatic heterocycles. The topological polar surface area (TPSA) is 70.7 Å². The van der Waals surface area contributed by atoms with Crippen molar-refractivity contribution in [2.45, 2.75) is 37.9 Å². The van der Waals surface area contributed by atoms with Crippen LogP contribution in [0.4, 0.5) is 0 Å². The van der Waals surface area contributed by atoms with Gasteiger partial charge in [0.15, 0.2) is 0 Å². The van der Waals surface area contributed by atoms with Gasteiger partial charge in [-0.2, -0.15) is 11.8 Å². The molecule has 1 fully saturated rings. The molecular weight excluding hydrogens is 236 g/mol. The Bertz CT molecular complexity index is 385. The predicted molar refractivity (Wildman–Crippen MR) is 68.3 cm³/mol. The maximum Gasteiger partial charge on any atom is 0.290 e. The van der Waals surface area contributed by atoms with Crippen molar-refractivity contribution in [3.63, 3.8) is 0 Å². The van der Waals surface area contributed by atoms with E-state index in [0.29, 0.717) is 5.25 Å². The minimum absolute atomic E-state index is 0.180. The molecule has 2 N–H and O–H groups in total. The van der Waals surface area contributed by atoms with Crippen LogP contribution in [0.1, 0.15) is 49.1 Å². The van der Waals surface area contributed by atoms with Crippen LogP contribution < -0.4 is 5.32 Å². The van der Waals surface area contributed by atoms with Crippen molar-refractivity contribution in [2.75, 3.05) is 12.3 Å². The van der Waals surface area contributed by atoms with E-state index in [4.69, 9.17) is 0 Å². The lowest BCUT2D eigenvalue weighted by Crippen LogP contribution is -2.30. The lowest BCUT2D eigenvalue weighted by molar-refractivity contribution is 0.0943. The van der Waals surface area contributed by atoms with Crippen molar-refractivity contribution in [2.24, 2.45) is 0 Å². The first-order valence-corrected chi connectivity index (χ1v) is 7.04. The van der Waals surface area contributed by atoms with Crippen molar-refractivity contribution >= 4 is 17.7 Å². The highest BCUT2D eigenvalue weighted by atomic mass is 32.2. The zero-order chi connectivity index (χ0) is 12.3. The first-order chi connectivity index (χ1) is 8.16. The molecule has 0 bridgehead atoms. The number of amides is 1. The summed E-state index contributed by atoms with van der Waals surface area (Å²) in [6.45, 7) is 4.74. The average molecular weight is 254 g/mol. The quantitative estimate of drug-likeness (QED) is 0.855. The van der Waals surface area contributed by atoms with Crippen LogP contribution in [0, 0.1) is 0 Å². The number of nitrogens with one attached hydrogen (secondary N) is 2. The molecule has 17 heavy (non-hydrogen) atoms. The second-order valence-electron chi connectivity index (χ2n) is 4.54. The van der Waals surface area contributed by atoms with Crippen molar-refractivity contribution in [3.05, 3.63) is 11.6 Å². The van der Waals surface area contributed by atoms with Crippen molar-refractivity contribution in [1.82, 2.24) is 20.5 Å². The van der Waals surface area contributed by atoms with Gasteiger partial charge < -0.3 is 5.32 Å². The van der Waals surface area contributed by atoms with E-state index in [1.807, 2.05) is 25.6 Å². The Kier molecular flexibility index (Phi) is 4.04. The minimum Gasteiger partial charge on any atom is -0.348 e. The maximum absolute atomic E-state index is 11.8. The highest BCUT2D eigenvalue weighted by molar-refractivity contribution is 8.00. The molecule has 1 atom stereocenters. The first kappa shape index (κ1) is 12.4. The fourth-order valence-electron chi connectivity index (χ4n) is 1.72. The summed E-state index contributed by atoms with van der Waals surface area (Å²) in [6, 6.07) is 0. The lowest BCUT2D eigenvalue weighted by Gasteiger charge is -2.08. The third-order valence-corrected chi connectivity index (χ3v) is 4.17. The van der Waals surface area contributed by atoms with Crippen LogP contribution in [0.5, 0.6) is 0 Å². The third kappa shape index (κ3) is 3.21. The predicted octanol–water partition coefficient (Wildman–Crippen LogP) is 1.55. The number of carbonyl (C=O) groups excluding carboxylic acids is 1. The Hall–Kier alpha value is -1.04. The number of thioether (sulfide) groups is 1. The highest BCUT2D eigenvalue weighted by Crippen LogP contribution is 2.25. The summed E-state index contributed by atoms with van der Waals surface area (Å²) in [4.78, 5) is 15.9. The van der Waals surface area contributed by atoms with Gasteiger partial charge in [-0.05, 0) is 18.6 Å². The number of hydrogen-bond donors (Lipinski definition) is 2. The normalized spacial score (nSPS) is 19.8. The number of aromatic amines is 1. The zero-order valence-electron chi connectivity index (χ0n) is 10.2. The molecule has 0 spiro atoms. The number of aromatic nitrogens is 3. The summed E-state index contributed by atoms with van der Waals surface area (Å²) < 4.78 is 0. The van der Waals surface area contributed by atoms with Gasteiger partial charge in [-0.25, -0.2) is 4.98 Å². The second-order valence-corrected chi connectivity index (χ2v) is 5.95. The van der Waals surface area contributed by atoms with E-state index in [0.717, 1.165) is 12.4 Å². The number of carbonyl (C=O) groups is 1. The molecule has 0 aliphatic carbocycles. The summed E-state index contributed by atoms with van der Waals surface area (Å²) in [7, 11) is 0. The van der Waals surface area contributed by atoms with Crippen LogP contribution in [0.25, 0.3) is 0 Å². The van der Waals surface area contributed by atoms with Gasteiger partial charge in [0.1, 0.15) is 5.82 Å². The van der Waals surface area contributed by atoms with Gasteiger partial charge in [0.05, 0.1) is 0 Å². The van der Waals surface area contributed by atoms with E-state index in [1.54, 1.807) is 0 Å². The van der Waals surface area contributed by atoms with Crippen molar-refractivity contribution in [3.8, 4) is 0 Å². The monoisotopic (exact) mass is 254 g/mol. The summed E-state index contributed by atoms with van der Waals surface area (Å²) >= 11 is 1.93. The minimum atomic E-state index is -0.180. The van der Waals surface area contributed by atoms with Gasteiger partial charge in [0, 0.05) is 17.7 Å². The number of rotatable bonds is 4. The Morgan fingerprint density at radius 1 is 1.65 bits per heavy atom. The largest absolute Gasteiger partial charge is 0.348 e. The summed E-state index contributed by atoms with van der Waals surface area (Å²) in [5.74, 6) is 2.29. The van der Waals surface area contributed by atoms with Gasteiger partial charge in [0.25, 0.3) is 5.91 Å². The Morgan fingerprint density at radius 2 is 2.47 bits per heavy atom. The van der Waals surface area contributed by atoms with Crippen LogP contribution in [0.2, 0.25) is 0 Å². The van der Waals surface area contributed by atoms with E-state index < -0.39 is 0 Å². The SMILES string of the molecule is CC(C)c1nc(C(=O)NCC2CCCS2)n[nH]1. The Balaban J connectivity index is 1.85. The zero-order valence-corrected chi connectivity index (χ0v) is 11.0. The smallest absolute Gasteiger partial charge is 0.290 e. The van der Waals surface area contributed by atoms with Gasteiger partial charge in [-0.1, -0.05) is 13.8 Å². The lowest BCUT2D eigenvalue weighted by atomic mass is 10.2. The summed E-state index contributed by atoms with van der Waals surface area (Å²) in [6.07, 6.45) is 2.44. The van der Waals surface area contributed by atoms with Crippen LogP contribution in [-0.4, -0.2) is 38.6 Å². The molecule has 1 aliphatic rings. The fraction of sp³-hybridized carbons (Fsp3) is 0.727.